The van der Waals surface area contributed by atoms with Crippen LogP contribution in [0.15, 0.2) is 42.5 Å². The molecule has 0 spiro atoms. The number of benzene rings is 2. The van der Waals surface area contributed by atoms with Crippen LogP contribution in [-0.2, 0) is 0 Å². The Labute approximate surface area is 145 Å². The van der Waals surface area contributed by atoms with E-state index < -0.39 is 0 Å². The number of nitrogens with zero attached hydrogens (tertiary/aromatic N) is 2. The van der Waals surface area contributed by atoms with Crippen molar-refractivity contribution in [2.45, 2.75) is 13.8 Å². The Kier molecular flexibility index (Phi) is 4.66. The summed E-state index contributed by atoms with van der Waals surface area (Å²) in [5.74, 6) is 0.877. The van der Waals surface area contributed by atoms with Gasteiger partial charge in [-0.25, -0.2) is 4.79 Å². The third-order valence-electron chi connectivity index (χ3n) is 3.79. The molecule has 2 aromatic carbocycles. The van der Waals surface area contributed by atoms with Crippen molar-refractivity contribution in [1.29, 1.82) is 5.26 Å². The molecule has 25 heavy (non-hydrogen) atoms. The van der Waals surface area contributed by atoms with Gasteiger partial charge < -0.3 is 5.32 Å². The summed E-state index contributed by atoms with van der Waals surface area (Å²) in [5, 5.41) is 22.6. The number of hydrogen-bond acceptors (Lipinski definition) is 3. The van der Waals surface area contributed by atoms with Gasteiger partial charge in [0.1, 0.15) is 0 Å². The van der Waals surface area contributed by atoms with Gasteiger partial charge in [-0.05, 0) is 41.3 Å². The molecule has 1 heterocycles. The molecule has 6 heteroatoms. The molecular formula is C19H19N5O. The van der Waals surface area contributed by atoms with Gasteiger partial charge in [0.15, 0.2) is 5.82 Å². The standard InChI is InChI=1S/C19H19N5O/c1-12(2)11-21-19(25)22-18-16-7-6-15(9-17(16)23-24-18)14-5-3-4-13(8-14)10-20/h3-9,12H,11H2,1-2H3,(H3,21,22,23,24,25). The minimum Gasteiger partial charge on any atom is -0.338 e. The third-order valence-corrected chi connectivity index (χ3v) is 3.79. The SMILES string of the molecule is CC(C)CNC(=O)Nc1n[nH]c2cc(-c3cccc(C#N)c3)ccc12. The average Bonchev–Trinajstić information content (AvgIpc) is 3.02. The van der Waals surface area contributed by atoms with E-state index in [1.54, 1.807) is 6.07 Å². The Morgan fingerprint density at radius 1 is 1.24 bits per heavy atom. The molecule has 0 aliphatic carbocycles. The number of nitriles is 1. The zero-order valence-corrected chi connectivity index (χ0v) is 14.1. The van der Waals surface area contributed by atoms with Crippen LogP contribution in [0.25, 0.3) is 22.0 Å². The van der Waals surface area contributed by atoms with Gasteiger partial charge in [-0.1, -0.05) is 32.0 Å². The Balaban J connectivity index is 1.84. The number of H-pyrrole nitrogens is 1. The van der Waals surface area contributed by atoms with Crippen molar-refractivity contribution in [3.8, 4) is 17.2 Å². The quantitative estimate of drug-likeness (QED) is 0.676. The van der Waals surface area contributed by atoms with Crippen LogP contribution in [0.5, 0.6) is 0 Å². The number of anilines is 1. The summed E-state index contributed by atoms with van der Waals surface area (Å²) in [5.41, 5.74) is 3.37. The molecule has 3 rings (SSSR count). The predicted molar refractivity (Wildman–Crippen MR) is 98.1 cm³/mol. The van der Waals surface area contributed by atoms with Crippen molar-refractivity contribution in [2.24, 2.45) is 5.92 Å². The van der Waals surface area contributed by atoms with Crippen LogP contribution in [0.4, 0.5) is 10.6 Å². The zero-order valence-electron chi connectivity index (χ0n) is 14.1. The maximum absolute atomic E-state index is 11.9. The van der Waals surface area contributed by atoms with E-state index in [4.69, 9.17) is 5.26 Å². The van der Waals surface area contributed by atoms with E-state index in [1.807, 2.05) is 50.2 Å². The number of nitrogens with one attached hydrogen (secondary N) is 3. The van der Waals surface area contributed by atoms with Crippen LogP contribution in [0.2, 0.25) is 0 Å². The molecule has 1 aromatic heterocycles. The van der Waals surface area contributed by atoms with E-state index in [-0.39, 0.29) is 6.03 Å². The molecular weight excluding hydrogens is 314 g/mol. The molecule has 6 nitrogen and oxygen atoms in total. The van der Waals surface area contributed by atoms with Crippen molar-refractivity contribution in [3.63, 3.8) is 0 Å². The minimum absolute atomic E-state index is 0.270. The first-order valence-corrected chi connectivity index (χ1v) is 8.10. The van der Waals surface area contributed by atoms with Gasteiger partial charge in [-0.3, -0.25) is 10.4 Å². The molecule has 3 N–H and O–H groups in total. The van der Waals surface area contributed by atoms with Crippen LogP contribution < -0.4 is 10.6 Å². The van der Waals surface area contributed by atoms with Gasteiger partial charge in [-0.15, -0.1) is 0 Å². The lowest BCUT2D eigenvalue weighted by Crippen LogP contribution is -2.31. The van der Waals surface area contributed by atoms with E-state index >= 15 is 0 Å². The van der Waals surface area contributed by atoms with Crippen LogP contribution >= 0.6 is 0 Å². The molecule has 0 aliphatic rings. The second kappa shape index (κ2) is 7.05. The van der Waals surface area contributed by atoms with Crippen molar-refractivity contribution in [2.75, 3.05) is 11.9 Å². The first-order chi connectivity index (χ1) is 12.1. The molecule has 0 fully saturated rings. The smallest absolute Gasteiger partial charge is 0.320 e. The number of urea groups is 1. The number of carbonyl (C=O) groups is 1. The number of fused-ring (bicyclic) bond motifs is 1. The number of aromatic nitrogens is 2. The number of rotatable bonds is 4. The Hall–Kier alpha value is -3.33. The fourth-order valence-electron chi connectivity index (χ4n) is 2.51. The van der Waals surface area contributed by atoms with Crippen molar-refractivity contribution in [3.05, 3.63) is 48.0 Å². The fraction of sp³-hybridized carbons (Fsp3) is 0.211. The molecule has 0 aliphatic heterocycles. The normalized spacial score (nSPS) is 10.6. The number of hydrogen-bond donors (Lipinski definition) is 3. The largest absolute Gasteiger partial charge is 0.338 e. The van der Waals surface area contributed by atoms with Crippen LogP contribution in [0.1, 0.15) is 19.4 Å². The molecule has 0 radical (unpaired) electrons. The summed E-state index contributed by atoms with van der Waals surface area (Å²) in [6.45, 7) is 4.67. The Bertz CT molecular complexity index is 952. The zero-order chi connectivity index (χ0) is 17.8. The highest BCUT2D eigenvalue weighted by atomic mass is 16.2. The first kappa shape index (κ1) is 16.5. The Morgan fingerprint density at radius 3 is 2.80 bits per heavy atom. The highest BCUT2D eigenvalue weighted by molar-refractivity contribution is 6.00. The second-order valence-corrected chi connectivity index (χ2v) is 6.25. The van der Waals surface area contributed by atoms with E-state index in [2.05, 4.69) is 26.9 Å². The summed E-state index contributed by atoms with van der Waals surface area (Å²) < 4.78 is 0. The topological polar surface area (TPSA) is 93.6 Å². The Morgan fingerprint density at radius 2 is 2.04 bits per heavy atom. The number of carbonyl (C=O) groups excluding carboxylic acids is 1. The van der Waals surface area contributed by atoms with Gasteiger partial charge in [-0.2, -0.15) is 10.4 Å². The van der Waals surface area contributed by atoms with Gasteiger partial charge in [0.25, 0.3) is 0 Å². The predicted octanol–water partition coefficient (Wildman–Crippen LogP) is 3.88. The highest BCUT2D eigenvalue weighted by Gasteiger charge is 2.10. The minimum atomic E-state index is -0.270. The molecule has 126 valence electrons. The summed E-state index contributed by atoms with van der Waals surface area (Å²) >= 11 is 0. The monoisotopic (exact) mass is 333 g/mol. The van der Waals surface area contributed by atoms with Gasteiger partial charge in [0.05, 0.1) is 17.1 Å². The molecule has 0 saturated heterocycles. The molecule has 0 saturated carbocycles. The molecule has 0 bridgehead atoms. The maximum Gasteiger partial charge on any atom is 0.320 e. The summed E-state index contributed by atoms with van der Waals surface area (Å²) in [6.07, 6.45) is 0. The molecule has 2 amide bonds. The number of amides is 2. The average molecular weight is 333 g/mol. The second-order valence-electron chi connectivity index (χ2n) is 6.25. The summed E-state index contributed by atoms with van der Waals surface area (Å²) in [4.78, 5) is 11.9. The molecule has 3 aromatic rings. The van der Waals surface area contributed by atoms with Crippen molar-refractivity contribution < 1.29 is 4.79 Å². The van der Waals surface area contributed by atoms with Gasteiger partial charge in [0, 0.05) is 11.9 Å². The van der Waals surface area contributed by atoms with E-state index in [0.29, 0.717) is 23.8 Å². The van der Waals surface area contributed by atoms with Crippen molar-refractivity contribution >= 4 is 22.8 Å². The van der Waals surface area contributed by atoms with E-state index in [0.717, 1.165) is 22.0 Å². The summed E-state index contributed by atoms with van der Waals surface area (Å²) in [6, 6.07) is 15.1. The van der Waals surface area contributed by atoms with Crippen molar-refractivity contribution in [1.82, 2.24) is 15.5 Å². The third kappa shape index (κ3) is 3.78. The van der Waals surface area contributed by atoms with Gasteiger partial charge >= 0.3 is 6.03 Å². The number of aromatic amines is 1. The van der Waals surface area contributed by atoms with Crippen LogP contribution in [0, 0.1) is 17.2 Å². The van der Waals surface area contributed by atoms with Crippen LogP contribution in [-0.4, -0.2) is 22.8 Å². The van der Waals surface area contributed by atoms with E-state index in [1.165, 1.54) is 0 Å². The summed E-state index contributed by atoms with van der Waals surface area (Å²) in [7, 11) is 0. The van der Waals surface area contributed by atoms with Crippen LogP contribution in [0.3, 0.4) is 0 Å². The lowest BCUT2D eigenvalue weighted by atomic mass is 10.0. The molecule has 0 atom stereocenters. The highest BCUT2D eigenvalue weighted by Crippen LogP contribution is 2.27. The fourth-order valence-corrected chi connectivity index (χ4v) is 2.51. The lowest BCUT2D eigenvalue weighted by Gasteiger charge is -2.08. The first-order valence-electron chi connectivity index (χ1n) is 8.10. The van der Waals surface area contributed by atoms with E-state index in [9.17, 15) is 4.79 Å². The molecule has 0 unspecified atom stereocenters. The maximum atomic E-state index is 11.9. The lowest BCUT2D eigenvalue weighted by molar-refractivity contribution is 0.251. The van der Waals surface area contributed by atoms with Gasteiger partial charge in [0.2, 0.25) is 0 Å².